The molecular weight excluding hydrogens is 347 g/mol. The molecule has 0 saturated carbocycles. The van der Waals surface area contributed by atoms with Gasteiger partial charge in [0.25, 0.3) is 6.43 Å². The van der Waals surface area contributed by atoms with E-state index in [1.54, 1.807) is 0 Å². The third kappa shape index (κ3) is 3.19. The molecule has 0 aliphatic heterocycles. The van der Waals surface area contributed by atoms with Crippen LogP contribution in [0.25, 0.3) is 0 Å². The SMILES string of the molecule is Cc1cc(C(F)F)nn1CC(=O)Nc1c(F)c(F)c(F)c(F)c1F. The Labute approximate surface area is 129 Å². The van der Waals surface area contributed by atoms with Crippen LogP contribution < -0.4 is 5.32 Å². The lowest BCUT2D eigenvalue weighted by Gasteiger charge is -2.10. The van der Waals surface area contributed by atoms with Gasteiger partial charge in [-0.2, -0.15) is 5.10 Å². The van der Waals surface area contributed by atoms with Crippen molar-refractivity contribution >= 4 is 11.6 Å². The summed E-state index contributed by atoms with van der Waals surface area (Å²) in [7, 11) is 0. The number of hydrogen-bond donors (Lipinski definition) is 1. The van der Waals surface area contributed by atoms with E-state index in [1.807, 2.05) is 0 Å². The second-order valence-electron chi connectivity index (χ2n) is 4.66. The van der Waals surface area contributed by atoms with Crippen molar-refractivity contribution in [3.63, 3.8) is 0 Å². The van der Waals surface area contributed by atoms with Gasteiger partial charge in [-0.25, -0.2) is 30.7 Å². The number of carbonyl (C=O) groups is 1. The number of halogens is 7. The van der Waals surface area contributed by atoms with Crippen molar-refractivity contribution in [3.05, 3.63) is 46.5 Å². The molecule has 2 aromatic rings. The summed E-state index contributed by atoms with van der Waals surface area (Å²) in [6.07, 6.45) is -2.90. The zero-order valence-electron chi connectivity index (χ0n) is 11.8. The Morgan fingerprint density at radius 2 is 1.58 bits per heavy atom. The lowest BCUT2D eigenvalue weighted by Crippen LogP contribution is -2.22. The number of alkyl halides is 2. The van der Waals surface area contributed by atoms with Gasteiger partial charge in [0.2, 0.25) is 11.7 Å². The number of nitrogens with one attached hydrogen (secondary N) is 1. The molecule has 0 saturated heterocycles. The summed E-state index contributed by atoms with van der Waals surface area (Å²) in [5, 5.41) is 4.91. The molecule has 24 heavy (non-hydrogen) atoms. The second kappa shape index (κ2) is 6.49. The van der Waals surface area contributed by atoms with E-state index in [9.17, 15) is 35.5 Å². The van der Waals surface area contributed by atoms with Gasteiger partial charge < -0.3 is 5.32 Å². The number of benzene rings is 1. The van der Waals surface area contributed by atoms with Gasteiger partial charge in [-0.15, -0.1) is 0 Å². The van der Waals surface area contributed by atoms with Gasteiger partial charge in [0.1, 0.15) is 17.9 Å². The molecule has 130 valence electrons. The molecule has 1 N–H and O–H groups in total. The highest BCUT2D eigenvalue weighted by Crippen LogP contribution is 2.27. The lowest BCUT2D eigenvalue weighted by molar-refractivity contribution is -0.117. The van der Waals surface area contributed by atoms with E-state index in [2.05, 4.69) is 5.10 Å². The van der Waals surface area contributed by atoms with Crippen molar-refractivity contribution in [1.82, 2.24) is 9.78 Å². The molecular formula is C13H8F7N3O. The van der Waals surface area contributed by atoms with Crippen molar-refractivity contribution in [2.75, 3.05) is 5.32 Å². The van der Waals surface area contributed by atoms with Crippen LogP contribution in [0.5, 0.6) is 0 Å². The van der Waals surface area contributed by atoms with E-state index in [0.717, 1.165) is 10.7 Å². The largest absolute Gasteiger partial charge is 0.319 e. The third-order valence-electron chi connectivity index (χ3n) is 2.99. The highest BCUT2D eigenvalue weighted by molar-refractivity contribution is 5.90. The van der Waals surface area contributed by atoms with E-state index < -0.39 is 59.3 Å². The van der Waals surface area contributed by atoms with Crippen LogP contribution >= 0.6 is 0 Å². The summed E-state index contributed by atoms with van der Waals surface area (Å²) in [5.74, 6) is -12.5. The van der Waals surface area contributed by atoms with E-state index in [0.29, 0.717) is 0 Å². The molecule has 0 spiro atoms. The number of anilines is 1. The Bertz CT molecular complexity index is 774. The maximum absolute atomic E-state index is 13.4. The zero-order valence-corrected chi connectivity index (χ0v) is 11.8. The summed E-state index contributed by atoms with van der Waals surface area (Å²) in [5.41, 5.74) is -2.02. The number of rotatable bonds is 4. The minimum Gasteiger partial charge on any atom is -0.319 e. The first kappa shape index (κ1) is 17.8. The fourth-order valence-corrected chi connectivity index (χ4v) is 1.83. The van der Waals surface area contributed by atoms with Gasteiger partial charge in [-0.1, -0.05) is 0 Å². The summed E-state index contributed by atoms with van der Waals surface area (Å²) >= 11 is 0. The number of hydrogen-bond acceptors (Lipinski definition) is 2. The molecule has 11 heteroatoms. The summed E-state index contributed by atoms with van der Waals surface area (Å²) < 4.78 is 91.6. The predicted octanol–water partition coefficient (Wildman–Crippen LogP) is 3.46. The highest BCUT2D eigenvalue weighted by Gasteiger charge is 2.27. The molecule has 1 amide bonds. The van der Waals surface area contributed by atoms with Crippen LogP contribution in [0.2, 0.25) is 0 Å². The first-order valence-corrected chi connectivity index (χ1v) is 6.27. The maximum Gasteiger partial charge on any atom is 0.282 e. The van der Waals surface area contributed by atoms with Gasteiger partial charge >= 0.3 is 0 Å². The summed E-state index contributed by atoms with van der Waals surface area (Å²) in [6, 6.07) is 0.982. The van der Waals surface area contributed by atoms with E-state index >= 15 is 0 Å². The normalized spacial score (nSPS) is 11.2. The van der Waals surface area contributed by atoms with Gasteiger partial charge in [0.15, 0.2) is 23.3 Å². The van der Waals surface area contributed by atoms with Crippen LogP contribution in [-0.4, -0.2) is 15.7 Å². The fraction of sp³-hybridized carbons (Fsp3) is 0.231. The van der Waals surface area contributed by atoms with Crippen LogP contribution in [0.15, 0.2) is 6.07 Å². The number of amides is 1. The number of carbonyl (C=O) groups excluding carboxylic acids is 1. The fourth-order valence-electron chi connectivity index (χ4n) is 1.83. The minimum atomic E-state index is -2.90. The molecule has 0 radical (unpaired) electrons. The summed E-state index contributed by atoms with van der Waals surface area (Å²) in [4.78, 5) is 11.7. The quantitative estimate of drug-likeness (QED) is 0.519. The number of aryl methyl sites for hydroxylation is 1. The molecule has 1 aromatic heterocycles. The van der Waals surface area contributed by atoms with E-state index in [1.165, 1.54) is 12.2 Å². The lowest BCUT2D eigenvalue weighted by atomic mass is 10.2. The zero-order chi connectivity index (χ0) is 18.2. The molecule has 0 fully saturated rings. The molecule has 0 aliphatic carbocycles. The molecule has 0 bridgehead atoms. The first-order valence-electron chi connectivity index (χ1n) is 6.27. The van der Waals surface area contributed by atoms with Crippen LogP contribution in [-0.2, 0) is 11.3 Å². The third-order valence-corrected chi connectivity index (χ3v) is 2.99. The van der Waals surface area contributed by atoms with Crippen LogP contribution in [0, 0.1) is 36.0 Å². The Kier molecular flexibility index (Phi) is 4.81. The Balaban J connectivity index is 2.25. The Hall–Kier alpha value is -2.59. The minimum absolute atomic E-state index is 0.137. The van der Waals surface area contributed by atoms with E-state index in [4.69, 9.17) is 0 Å². The highest BCUT2D eigenvalue weighted by atomic mass is 19.3. The van der Waals surface area contributed by atoms with Crippen LogP contribution in [0.3, 0.4) is 0 Å². The van der Waals surface area contributed by atoms with Crippen molar-refractivity contribution in [2.45, 2.75) is 19.9 Å². The first-order chi connectivity index (χ1) is 11.1. The molecule has 1 aromatic carbocycles. The van der Waals surface area contributed by atoms with Gasteiger partial charge in [0.05, 0.1) is 0 Å². The predicted molar refractivity (Wildman–Crippen MR) is 66.8 cm³/mol. The van der Waals surface area contributed by atoms with Gasteiger partial charge in [0, 0.05) is 5.69 Å². The maximum atomic E-state index is 13.4. The Morgan fingerprint density at radius 1 is 1.08 bits per heavy atom. The van der Waals surface area contributed by atoms with Gasteiger partial charge in [-0.05, 0) is 13.0 Å². The molecule has 1 heterocycles. The topological polar surface area (TPSA) is 46.9 Å². The standard InChI is InChI=1S/C13H8F7N3O/c1-4-2-5(13(19)20)22-23(4)3-6(24)21-12-10(17)8(15)7(14)9(16)11(12)18/h2,13H,3H2,1H3,(H,21,24). The van der Waals surface area contributed by atoms with Crippen molar-refractivity contribution in [2.24, 2.45) is 0 Å². The molecule has 4 nitrogen and oxygen atoms in total. The second-order valence-corrected chi connectivity index (χ2v) is 4.66. The van der Waals surface area contributed by atoms with Crippen LogP contribution in [0.1, 0.15) is 17.8 Å². The number of nitrogens with zero attached hydrogens (tertiary/aromatic N) is 2. The molecule has 2 rings (SSSR count). The monoisotopic (exact) mass is 355 g/mol. The Morgan fingerprint density at radius 3 is 2.04 bits per heavy atom. The molecule has 0 aliphatic rings. The van der Waals surface area contributed by atoms with Crippen LogP contribution in [0.4, 0.5) is 36.4 Å². The van der Waals surface area contributed by atoms with E-state index in [-0.39, 0.29) is 5.69 Å². The smallest absolute Gasteiger partial charge is 0.282 e. The molecule has 0 unspecified atom stereocenters. The average Bonchev–Trinajstić information content (AvgIpc) is 2.89. The van der Waals surface area contributed by atoms with Crippen molar-refractivity contribution in [1.29, 1.82) is 0 Å². The number of aromatic nitrogens is 2. The van der Waals surface area contributed by atoms with Crippen molar-refractivity contribution in [3.8, 4) is 0 Å². The molecule has 0 atom stereocenters. The average molecular weight is 355 g/mol. The summed E-state index contributed by atoms with van der Waals surface area (Å²) in [6.45, 7) is 0.572. The van der Waals surface area contributed by atoms with Gasteiger partial charge in [-0.3, -0.25) is 9.48 Å². The van der Waals surface area contributed by atoms with Crippen molar-refractivity contribution < 1.29 is 35.5 Å².